The van der Waals surface area contributed by atoms with E-state index in [1.165, 1.54) is 38.5 Å². The maximum atomic E-state index is 14.9. The summed E-state index contributed by atoms with van der Waals surface area (Å²) in [6.45, 7) is 0. The molecule has 190 valence electrons. The first-order chi connectivity index (χ1) is 17.8. The van der Waals surface area contributed by atoms with Crippen molar-refractivity contribution in [2.24, 2.45) is 0 Å². The van der Waals surface area contributed by atoms with E-state index in [1.807, 2.05) is 0 Å². The predicted octanol–water partition coefficient (Wildman–Crippen LogP) is 6.58. The van der Waals surface area contributed by atoms with Gasteiger partial charge in [0.2, 0.25) is 0 Å². The predicted molar refractivity (Wildman–Crippen MR) is 137 cm³/mol. The summed E-state index contributed by atoms with van der Waals surface area (Å²) in [6.07, 6.45) is 1.15. The average Bonchev–Trinajstić information content (AvgIpc) is 2.87. The van der Waals surface area contributed by atoms with Gasteiger partial charge in [-0.3, -0.25) is 9.78 Å². The van der Waals surface area contributed by atoms with Crippen molar-refractivity contribution in [1.82, 2.24) is 4.98 Å². The number of ketones is 1. The molecule has 0 fully saturated rings. The zero-order valence-electron chi connectivity index (χ0n) is 20.0. The second-order valence-corrected chi connectivity index (χ2v) is 8.79. The number of aromatic nitrogens is 1. The van der Waals surface area contributed by atoms with Gasteiger partial charge in [-0.25, -0.2) is 13.2 Å². The van der Waals surface area contributed by atoms with E-state index in [1.54, 1.807) is 30.5 Å². The van der Waals surface area contributed by atoms with Crippen molar-refractivity contribution in [3.05, 3.63) is 89.4 Å². The van der Waals surface area contributed by atoms with Crippen LogP contribution in [0.3, 0.4) is 0 Å². The summed E-state index contributed by atoms with van der Waals surface area (Å²) in [4.78, 5) is 16.9. The summed E-state index contributed by atoms with van der Waals surface area (Å²) < 4.78 is 58.6. The van der Waals surface area contributed by atoms with Gasteiger partial charge in [0.05, 0.1) is 19.7 Å². The number of carbonyl (C=O) groups is 1. The highest BCUT2D eigenvalue weighted by atomic mass is 32.1. The molecule has 0 bridgehead atoms. The summed E-state index contributed by atoms with van der Waals surface area (Å²) in [5.74, 6) is -1.29. The minimum atomic E-state index is -1.05. The van der Waals surface area contributed by atoms with Crippen LogP contribution in [0.2, 0.25) is 0 Å². The van der Waals surface area contributed by atoms with Gasteiger partial charge in [-0.1, -0.05) is 30.4 Å². The van der Waals surface area contributed by atoms with Gasteiger partial charge < -0.3 is 14.2 Å². The molecule has 3 aromatic carbocycles. The SMILES string of the molecule is COc1cc2nccc(Oc3ccc(CC(=S)CC(=O)Cc4cccc(F)c4F)c(F)c3)c2cc1OC. The van der Waals surface area contributed by atoms with E-state index in [2.05, 4.69) is 4.98 Å². The highest BCUT2D eigenvalue weighted by molar-refractivity contribution is 7.80. The molecule has 1 aromatic heterocycles. The fourth-order valence-electron chi connectivity index (χ4n) is 3.85. The Hall–Kier alpha value is -3.98. The Balaban J connectivity index is 1.44. The number of pyridine rings is 1. The van der Waals surface area contributed by atoms with Gasteiger partial charge >= 0.3 is 0 Å². The first kappa shape index (κ1) is 26.1. The maximum absolute atomic E-state index is 14.9. The standard InChI is InChI=1S/C28H22F3NO4S/c1-34-26-14-21-24(15-27(26)35-2)32-9-8-25(21)36-19-7-6-16(23(30)13-19)11-20(37)12-18(33)10-17-4-3-5-22(29)28(17)31/h3-9,13-15H,10-12H2,1-2H3. The Morgan fingerprint density at radius 1 is 0.865 bits per heavy atom. The van der Waals surface area contributed by atoms with E-state index in [0.29, 0.717) is 28.2 Å². The van der Waals surface area contributed by atoms with Crippen molar-refractivity contribution in [3.8, 4) is 23.0 Å². The van der Waals surface area contributed by atoms with Gasteiger partial charge in [-0.2, -0.15) is 0 Å². The molecule has 1 heterocycles. The van der Waals surface area contributed by atoms with Crippen molar-refractivity contribution >= 4 is 33.8 Å². The highest BCUT2D eigenvalue weighted by Gasteiger charge is 2.16. The van der Waals surface area contributed by atoms with Crippen LogP contribution in [0.5, 0.6) is 23.0 Å². The van der Waals surface area contributed by atoms with E-state index in [9.17, 15) is 18.0 Å². The molecule has 0 amide bonds. The van der Waals surface area contributed by atoms with Crippen molar-refractivity contribution in [3.63, 3.8) is 0 Å². The summed E-state index contributed by atoms with van der Waals surface area (Å²) in [7, 11) is 3.05. The number of hydrogen-bond acceptors (Lipinski definition) is 6. The molecule has 0 N–H and O–H groups in total. The van der Waals surface area contributed by atoms with Crippen LogP contribution < -0.4 is 14.2 Å². The number of Topliss-reactive ketones (excluding diaryl/α,β-unsaturated/α-hetero) is 1. The Kier molecular flexibility index (Phi) is 8.03. The Morgan fingerprint density at radius 2 is 1.62 bits per heavy atom. The lowest BCUT2D eigenvalue weighted by Gasteiger charge is -2.13. The maximum Gasteiger partial charge on any atom is 0.162 e. The number of carbonyl (C=O) groups excluding carboxylic acids is 1. The number of fused-ring (bicyclic) bond motifs is 1. The molecule has 0 spiro atoms. The van der Waals surface area contributed by atoms with Crippen LogP contribution in [-0.2, 0) is 17.6 Å². The van der Waals surface area contributed by atoms with Crippen LogP contribution in [0, 0.1) is 17.5 Å². The lowest BCUT2D eigenvalue weighted by molar-refractivity contribution is -0.117. The molecule has 37 heavy (non-hydrogen) atoms. The monoisotopic (exact) mass is 525 g/mol. The lowest BCUT2D eigenvalue weighted by Crippen LogP contribution is -2.12. The van der Waals surface area contributed by atoms with Crippen molar-refractivity contribution in [2.45, 2.75) is 19.3 Å². The number of nitrogens with zero attached hydrogens (tertiary/aromatic N) is 1. The van der Waals surface area contributed by atoms with Crippen LogP contribution in [0.1, 0.15) is 17.5 Å². The van der Waals surface area contributed by atoms with Gasteiger partial charge in [-0.15, -0.1) is 0 Å². The van der Waals surface area contributed by atoms with Crippen LogP contribution >= 0.6 is 12.2 Å². The summed E-state index contributed by atoms with van der Waals surface area (Å²) >= 11 is 5.27. The third-order valence-electron chi connectivity index (χ3n) is 5.66. The molecule has 9 heteroatoms. The Labute approximate surface area is 216 Å². The number of benzene rings is 3. The molecule has 4 aromatic rings. The molecule has 0 aliphatic rings. The van der Waals surface area contributed by atoms with Crippen LogP contribution in [-0.4, -0.2) is 29.9 Å². The third kappa shape index (κ3) is 6.06. The molecule has 0 atom stereocenters. The molecule has 0 unspecified atom stereocenters. The molecule has 0 radical (unpaired) electrons. The molecular weight excluding hydrogens is 503 g/mol. The second kappa shape index (κ2) is 11.4. The fourth-order valence-corrected chi connectivity index (χ4v) is 4.17. The van der Waals surface area contributed by atoms with E-state index < -0.39 is 17.5 Å². The van der Waals surface area contributed by atoms with Crippen LogP contribution in [0.4, 0.5) is 13.2 Å². The Morgan fingerprint density at radius 3 is 2.35 bits per heavy atom. The minimum absolute atomic E-state index is 0.0357. The first-order valence-electron chi connectivity index (χ1n) is 11.2. The van der Waals surface area contributed by atoms with Crippen molar-refractivity contribution in [1.29, 1.82) is 0 Å². The number of methoxy groups -OCH3 is 2. The van der Waals surface area contributed by atoms with E-state index >= 15 is 0 Å². The molecule has 0 aliphatic carbocycles. The molecule has 5 nitrogen and oxygen atoms in total. The first-order valence-corrected chi connectivity index (χ1v) is 11.6. The zero-order chi connectivity index (χ0) is 26.5. The molecular formula is C28H22F3NO4S. The van der Waals surface area contributed by atoms with Crippen molar-refractivity contribution in [2.75, 3.05) is 14.2 Å². The van der Waals surface area contributed by atoms with Crippen LogP contribution in [0.15, 0.2) is 60.8 Å². The van der Waals surface area contributed by atoms with Gasteiger partial charge in [0.25, 0.3) is 0 Å². The summed E-state index contributed by atoms with van der Waals surface area (Å²) in [5.41, 5.74) is 0.855. The largest absolute Gasteiger partial charge is 0.493 e. The highest BCUT2D eigenvalue weighted by Crippen LogP contribution is 2.37. The van der Waals surface area contributed by atoms with Gasteiger partial charge in [-0.05, 0) is 35.4 Å². The Bertz CT molecular complexity index is 1490. The second-order valence-electron chi connectivity index (χ2n) is 8.21. The summed E-state index contributed by atoms with van der Waals surface area (Å²) in [5, 5.41) is 0.652. The van der Waals surface area contributed by atoms with E-state index in [4.69, 9.17) is 26.4 Å². The van der Waals surface area contributed by atoms with E-state index in [-0.39, 0.29) is 46.8 Å². The van der Waals surface area contributed by atoms with Crippen LogP contribution in [0.25, 0.3) is 10.9 Å². The number of ether oxygens (including phenoxy) is 3. The molecule has 0 saturated heterocycles. The smallest absolute Gasteiger partial charge is 0.162 e. The third-order valence-corrected chi connectivity index (χ3v) is 5.95. The number of thiocarbonyl (C=S) groups is 1. The molecule has 4 rings (SSSR count). The lowest BCUT2D eigenvalue weighted by atomic mass is 10.0. The average molecular weight is 526 g/mol. The quantitative estimate of drug-likeness (QED) is 0.218. The molecule has 0 saturated carbocycles. The number of hydrogen-bond donors (Lipinski definition) is 0. The minimum Gasteiger partial charge on any atom is -0.493 e. The zero-order valence-corrected chi connectivity index (χ0v) is 20.8. The van der Waals surface area contributed by atoms with Gasteiger partial charge in [0, 0.05) is 47.8 Å². The number of halogens is 3. The molecule has 0 aliphatic heterocycles. The summed E-state index contributed by atoms with van der Waals surface area (Å²) in [6, 6.07) is 13.1. The van der Waals surface area contributed by atoms with Gasteiger partial charge in [0.15, 0.2) is 23.1 Å². The normalized spacial score (nSPS) is 10.8. The fraction of sp³-hybridized carbons (Fsp3) is 0.179. The van der Waals surface area contributed by atoms with Crippen molar-refractivity contribution < 1.29 is 32.2 Å². The number of rotatable bonds is 10. The topological polar surface area (TPSA) is 57.7 Å². The van der Waals surface area contributed by atoms with Gasteiger partial charge in [0.1, 0.15) is 23.1 Å². The van der Waals surface area contributed by atoms with E-state index in [0.717, 1.165) is 6.07 Å².